The number of hydrogen-bond donors (Lipinski definition) is 1. The second-order valence-electron chi connectivity index (χ2n) is 8.88. The third-order valence-corrected chi connectivity index (χ3v) is 6.67. The summed E-state index contributed by atoms with van der Waals surface area (Å²) in [5.74, 6) is 2.14. The molecule has 1 saturated heterocycles. The number of methoxy groups -OCH3 is 1. The summed E-state index contributed by atoms with van der Waals surface area (Å²) in [5, 5.41) is 3.27. The molecule has 1 atom stereocenters. The molecule has 28 heavy (non-hydrogen) atoms. The van der Waals surface area contributed by atoms with E-state index < -0.39 is 0 Å². The van der Waals surface area contributed by atoms with E-state index in [-0.39, 0.29) is 6.03 Å². The summed E-state index contributed by atoms with van der Waals surface area (Å²) in [6.07, 6.45) is 10.2. The molecule has 0 radical (unpaired) electrons. The van der Waals surface area contributed by atoms with E-state index in [9.17, 15) is 4.79 Å². The Bertz CT molecular complexity index is 655. The van der Waals surface area contributed by atoms with Gasteiger partial charge in [0.2, 0.25) is 0 Å². The van der Waals surface area contributed by atoms with E-state index in [4.69, 9.17) is 4.74 Å². The maximum atomic E-state index is 12.9. The molecule has 1 heterocycles. The predicted molar refractivity (Wildman–Crippen MR) is 113 cm³/mol. The Labute approximate surface area is 169 Å². The van der Waals surface area contributed by atoms with Crippen molar-refractivity contribution in [2.75, 3.05) is 38.2 Å². The molecular formula is C23H35N3O2. The van der Waals surface area contributed by atoms with Crippen LogP contribution in [0.25, 0.3) is 0 Å². The van der Waals surface area contributed by atoms with E-state index in [2.05, 4.69) is 27.2 Å². The average Bonchev–Trinajstić information content (AvgIpc) is 3.47. The molecule has 2 amide bonds. The number of nitrogens with one attached hydrogen (secondary N) is 1. The van der Waals surface area contributed by atoms with Crippen LogP contribution in [-0.4, -0.2) is 50.3 Å². The minimum absolute atomic E-state index is 0.174. The quantitative estimate of drug-likeness (QED) is 0.762. The zero-order chi connectivity index (χ0) is 19.3. The Hall–Kier alpha value is -1.91. The van der Waals surface area contributed by atoms with Crippen molar-refractivity contribution in [3.8, 4) is 5.75 Å². The van der Waals surface area contributed by atoms with Gasteiger partial charge in [-0.25, -0.2) is 4.79 Å². The molecule has 5 heteroatoms. The van der Waals surface area contributed by atoms with Crippen LogP contribution < -0.4 is 15.0 Å². The first-order valence-corrected chi connectivity index (χ1v) is 11.2. The van der Waals surface area contributed by atoms with Crippen LogP contribution in [0, 0.1) is 11.8 Å². The average molecular weight is 386 g/mol. The van der Waals surface area contributed by atoms with Crippen LogP contribution in [0.2, 0.25) is 0 Å². The van der Waals surface area contributed by atoms with Gasteiger partial charge in [-0.2, -0.15) is 0 Å². The lowest BCUT2D eigenvalue weighted by atomic mass is 9.89. The summed E-state index contributed by atoms with van der Waals surface area (Å²) in [7, 11) is 1.71. The van der Waals surface area contributed by atoms with Gasteiger partial charge in [0.1, 0.15) is 5.75 Å². The Kier molecular flexibility index (Phi) is 6.28. The SMILES string of the molecule is COc1cccc(N2CCC(CNC(=O)N(CC3CCCCC3)C3CC3)C2)c1. The van der Waals surface area contributed by atoms with Gasteiger partial charge in [0.05, 0.1) is 7.11 Å². The molecule has 0 bridgehead atoms. The number of amides is 2. The van der Waals surface area contributed by atoms with E-state index >= 15 is 0 Å². The fourth-order valence-corrected chi connectivity index (χ4v) is 4.81. The highest BCUT2D eigenvalue weighted by Gasteiger charge is 2.34. The van der Waals surface area contributed by atoms with Crippen LogP contribution in [0.4, 0.5) is 10.5 Å². The molecule has 1 unspecified atom stereocenters. The van der Waals surface area contributed by atoms with E-state index in [1.54, 1.807) is 7.11 Å². The number of rotatable bonds is 7. The molecule has 2 saturated carbocycles. The number of carbonyl (C=O) groups excluding carboxylic acids is 1. The van der Waals surface area contributed by atoms with Crippen LogP contribution in [0.1, 0.15) is 51.4 Å². The van der Waals surface area contributed by atoms with Crippen molar-refractivity contribution in [1.82, 2.24) is 10.2 Å². The Balaban J connectivity index is 1.25. The maximum Gasteiger partial charge on any atom is 0.317 e. The molecule has 2 aliphatic carbocycles. The molecular weight excluding hydrogens is 350 g/mol. The molecule has 0 aromatic heterocycles. The number of anilines is 1. The first-order valence-electron chi connectivity index (χ1n) is 11.2. The van der Waals surface area contributed by atoms with Gasteiger partial charge in [0.25, 0.3) is 0 Å². The fraction of sp³-hybridized carbons (Fsp3) is 0.696. The Morgan fingerprint density at radius 3 is 2.71 bits per heavy atom. The van der Waals surface area contributed by atoms with Crippen molar-refractivity contribution < 1.29 is 9.53 Å². The minimum atomic E-state index is 0.174. The smallest absolute Gasteiger partial charge is 0.317 e. The standard InChI is InChI=1S/C23H35N3O2/c1-28-22-9-5-8-21(14-22)25-13-12-19(16-25)15-24-23(27)26(20-10-11-20)17-18-6-3-2-4-7-18/h5,8-9,14,18-20H,2-4,6-7,10-13,15-17H2,1H3,(H,24,27). The number of benzene rings is 1. The van der Waals surface area contributed by atoms with E-state index in [1.165, 1.54) is 50.6 Å². The van der Waals surface area contributed by atoms with Crippen LogP contribution in [-0.2, 0) is 0 Å². The normalized spacial score (nSPS) is 22.9. The number of urea groups is 1. The van der Waals surface area contributed by atoms with Crippen LogP contribution in [0.3, 0.4) is 0 Å². The number of hydrogen-bond acceptors (Lipinski definition) is 3. The highest BCUT2D eigenvalue weighted by Crippen LogP contribution is 2.31. The Morgan fingerprint density at radius 1 is 1.14 bits per heavy atom. The van der Waals surface area contributed by atoms with Crippen LogP contribution in [0.5, 0.6) is 5.75 Å². The van der Waals surface area contributed by atoms with Gasteiger partial charge >= 0.3 is 6.03 Å². The number of carbonyl (C=O) groups is 1. The van der Waals surface area contributed by atoms with Crippen molar-refractivity contribution in [1.29, 1.82) is 0 Å². The molecule has 3 fully saturated rings. The molecule has 154 valence electrons. The first kappa shape index (κ1) is 19.4. The molecule has 1 aromatic carbocycles. The van der Waals surface area contributed by atoms with Crippen molar-refractivity contribution in [3.63, 3.8) is 0 Å². The molecule has 3 aliphatic rings. The summed E-state index contributed by atoms with van der Waals surface area (Å²) in [6, 6.07) is 8.94. The lowest BCUT2D eigenvalue weighted by Crippen LogP contribution is -2.45. The van der Waals surface area contributed by atoms with Gasteiger partial charge in [-0.05, 0) is 56.1 Å². The van der Waals surface area contributed by atoms with Crippen molar-refractivity contribution in [2.24, 2.45) is 11.8 Å². The molecule has 5 nitrogen and oxygen atoms in total. The third kappa shape index (κ3) is 4.92. The minimum Gasteiger partial charge on any atom is -0.497 e. The second kappa shape index (κ2) is 9.06. The van der Waals surface area contributed by atoms with Gasteiger partial charge < -0.3 is 19.9 Å². The summed E-state index contributed by atoms with van der Waals surface area (Å²) in [5.41, 5.74) is 1.21. The van der Waals surface area contributed by atoms with Gasteiger partial charge in [-0.15, -0.1) is 0 Å². The van der Waals surface area contributed by atoms with Crippen molar-refractivity contribution in [2.45, 2.75) is 57.4 Å². The van der Waals surface area contributed by atoms with E-state index in [1.807, 2.05) is 12.1 Å². The van der Waals surface area contributed by atoms with Crippen LogP contribution >= 0.6 is 0 Å². The maximum absolute atomic E-state index is 12.9. The molecule has 1 N–H and O–H groups in total. The first-order chi connectivity index (χ1) is 13.7. The van der Waals surface area contributed by atoms with Gasteiger partial charge in [-0.1, -0.05) is 25.3 Å². The molecule has 0 spiro atoms. The van der Waals surface area contributed by atoms with E-state index in [0.717, 1.165) is 44.3 Å². The summed E-state index contributed by atoms with van der Waals surface area (Å²) in [6.45, 7) is 3.80. The van der Waals surface area contributed by atoms with Gasteiger partial charge in [0.15, 0.2) is 0 Å². The second-order valence-corrected chi connectivity index (χ2v) is 8.88. The molecule has 1 aromatic rings. The zero-order valence-corrected chi connectivity index (χ0v) is 17.2. The van der Waals surface area contributed by atoms with Gasteiger partial charge in [0, 0.05) is 44.0 Å². The number of nitrogens with zero attached hydrogens (tertiary/aromatic N) is 2. The third-order valence-electron chi connectivity index (χ3n) is 6.67. The highest BCUT2D eigenvalue weighted by molar-refractivity contribution is 5.75. The Morgan fingerprint density at radius 2 is 1.96 bits per heavy atom. The fourth-order valence-electron chi connectivity index (χ4n) is 4.81. The van der Waals surface area contributed by atoms with Gasteiger partial charge in [-0.3, -0.25) is 0 Å². The van der Waals surface area contributed by atoms with Crippen LogP contribution in [0.15, 0.2) is 24.3 Å². The predicted octanol–water partition coefficient (Wildman–Crippen LogP) is 4.28. The topological polar surface area (TPSA) is 44.8 Å². The molecule has 4 rings (SSSR count). The summed E-state index contributed by atoms with van der Waals surface area (Å²) >= 11 is 0. The monoisotopic (exact) mass is 385 g/mol. The largest absolute Gasteiger partial charge is 0.497 e. The van der Waals surface area contributed by atoms with Crippen molar-refractivity contribution in [3.05, 3.63) is 24.3 Å². The lowest BCUT2D eigenvalue weighted by molar-refractivity contribution is 0.173. The summed E-state index contributed by atoms with van der Waals surface area (Å²) < 4.78 is 5.35. The number of ether oxygens (including phenoxy) is 1. The molecule has 1 aliphatic heterocycles. The summed E-state index contributed by atoms with van der Waals surface area (Å²) in [4.78, 5) is 17.4. The lowest BCUT2D eigenvalue weighted by Gasteiger charge is -2.30. The van der Waals surface area contributed by atoms with Crippen molar-refractivity contribution >= 4 is 11.7 Å². The zero-order valence-electron chi connectivity index (χ0n) is 17.2. The van der Waals surface area contributed by atoms with E-state index in [0.29, 0.717) is 12.0 Å². The highest BCUT2D eigenvalue weighted by atomic mass is 16.5.